The number of hydrogen-bond donors (Lipinski definition) is 1. The topological polar surface area (TPSA) is 28.2 Å². The maximum atomic E-state index is 4.40. The van der Waals surface area contributed by atoms with Gasteiger partial charge in [0.25, 0.3) is 0 Å². The van der Waals surface area contributed by atoms with E-state index < -0.39 is 0 Å². The molecule has 3 nitrogen and oxygen atoms in total. The Kier molecular flexibility index (Phi) is 5.58. The third-order valence-electron chi connectivity index (χ3n) is 4.62. The van der Waals surface area contributed by atoms with Crippen molar-refractivity contribution in [2.24, 2.45) is 11.8 Å². The van der Waals surface area contributed by atoms with Crippen molar-refractivity contribution in [2.45, 2.75) is 59.7 Å². The van der Waals surface area contributed by atoms with E-state index in [4.69, 9.17) is 0 Å². The average Bonchev–Trinajstić information content (AvgIpc) is 2.82. The number of nitrogens with one attached hydrogen (secondary N) is 1. The Balaban J connectivity index is 2.06. The number of aryl methyl sites for hydroxylation is 1. The predicted molar refractivity (Wildman–Crippen MR) is 87.1 cm³/mol. The van der Waals surface area contributed by atoms with Gasteiger partial charge in [-0.2, -0.15) is 0 Å². The van der Waals surface area contributed by atoms with Crippen LogP contribution in [-0.2, 0) is 6.54 Å². The van der Waals surface area contributed by atoms with Gasteiger partial charge in [-0.05, 0) is 18.8 Å². The summed E-state index contributed by atoms with van der Waals surface area (Å²) in [6, 6.07) is 1.27. The van der Waals surface area contributed by atoms with E-state index >= 15 is 0 Å². The van der Waals surface area contributed by atoms with Crippen LogP contribution < -0.4 is 5.32 Å². The smallest absolute Gasteiger partial charge is 0.0897 e. The molecule has 0 radical (unpaired) electrons. The van der Waals surface area contributed by atoms with Crippen molar-refractivity contribution in [1.29, 1.82) is 0 Å². The predicted octanol–water partition coefficient (Wildman–Crippen LogP) is 3.30. The first-order valence-electron chi connectivity index (χ1n) is 7.90. The van der Waals surface area contributed by atoms with Crippen LogP contribution in [0.5, 0.6) is 0 Å². The van der Waals surface area contributed by atoms with Crippen LogP contribution in [0.3, 0.4) is 0 Å². The summed E-state index contributed by atoms with van der Waals surface area (Å²) in [4.78, 5) is 8.47. The molecule has 2 heterocycles. The van der Waals surface area contributed by atoms with Gasteiger partial charge < -0.3 is 5.32 Å². The molecule has 1 fully saturated rings. The highest BCUT2D eigenvalue weighted by Crippen LogP contribution is 2.23. The zero-order chi connectivity index (χ0) is 14.7. The molecule has 0 aromatic carbocycles. The van der Waals surface area contributed by atoms with Gasteiger partial charge in [-0.25, -0.2) is 4.98 Å². The van der Waals surface area contributed by atoms with E-state index in [1.54, 1.807) is 0 Å². The minimum Gasteiger partial charge on any atom is -0.311 e. The van der Waals surface area contributed by atoms with Crippen molar-refractivity contribution in [2.75, 3.05) is 13.1 Å². The summed E-state index contributed by atoms with van der Waals surface area (Å²) in [5.74, 6) is 1.43. The molecule has 1 aromatic heterocycles. The second-order valence-corrected chi connectivity index (χ2v) is 7.81. The molecule has 1 aliphatic heterocycles. The summed E-state index contributed by atoms with van der Waals surface area (Å²) in [5, 5.41) is 4.94. The number of hydrogen-bond acceptors (Lipinski definition) is 4. The largest absolute Gasteiger partial charge is 0.311 e. The van der Waals surface area contributed by atoms with Crippen molar-refractivity contribution in [1.82, 2.24) is 15.2 Å². The number of rotatable bonds is 5. The van der Waals surface area contributed by atoms with Crippen LogP contribution in [0.1, 0.15) is 44.0 Å². The quantitative estimate of drug-likeness (QED) is 0.903. The van der Waals surface area contributed by atoms with Crippen molar-refractivity contribution in [3.63, 3.8) is 0 Å². The van der Waals surface area contributed by atoms with Gasteiger partial charge in [0.05, 0.1) is 5.01 Å². The van der Waals surface area contributed by atoms with Crippen molar-refractivity contribution in [3.8, 4) is 0 Å². The highest BCUT2D eigenvalue weighted by molar-refractivity contribution is 7.11. The Bertz CT molecular complexity index is 416. The molecule has 3 unspecified atom stereocenters. The summed E-state index contributed by atoms with van der Waals surface area (Å²) in [5.41, 5.74) is 0. The third kappa shape index (κ3) is 3.80. The maximum absolute atomic E-state index is 4.40. The fourth-order valence-electron chi connectivity index (χ4n) is 3.04. The monoisotopic (exact) mass is 295 g/mol. The Labute approximate surface area is 127 Å². The molecule has 3 atom stereocenters. The molecule has 114 valence electrons. The lowest BCUT2D eigenvalue weighted by Crippen LogP contribution is -2.59. The lowest BCUT2D eigenvalue weighted by atomic mass is 9.92. The van der Waals surface area contributed by atoms with Crippen LogP contribution in [0, 0.1) is 18.8 Å². The van der Waals surface area contributed by atoms with E-state index in [9.17, 15) is 0 Å². The highest BCUT2D eigenvalue weighted by Gasteiger charge is 2.31. The maximum Gasteiger partial charge on any atom is 0.0897 e. The van der Waals surface area contributed by atoms with Gasteiger partial charge >= 0.3 is 0 Å². The number of piperazine rings is 1. The van der Waals surface area contributed by atoms with Crippen LogP contribution in [-0.4, -0.2) is 35.1 Å². The Hall–Kier alpha value is -0.450. The van der Waals surface area contributed by atoms with Gasteiger partial charge in [-0.1, -0.05) is 34.1 Å². The van der Waals surface area contributed by atoms with E-state index in [0.717, 1.165) is 25.6 Å². The molecule has 4 heteroatoms. The second-order valence-electron chi connectivity index (χ2n) is 6.49. The minimum absolute atomic E-state index is 0.629. The molecule has 1 saturated heterocycles. The molecule has 1 N–H and O–H groups in total. The lowest BCUT2D eigenvalue weighted by Gasteiger charge is -2.44. The van der Waals surface area contributed by atoms with Gasteiger partial charge in [0.1, 0.15) is 0 Å². The molecular weight excluding hydrogens is 266 g/mol. The number of nitrogens with zero attached hydrogens (tertiary/aromatic N) is 2. The van der Waals surface area contributed by atoms with Crippen LogP contribution in [0.2, 0.25) is 0 Å². The van der Waals surface area contributed by atoms with E-state index in [0.29, 0.717) is 18.0 Å². The first kappa shape index (κ1) is 15.9. The number of thiazole rings is 1. The normalized spacial score (nSPS) is 26.1. The first-order valence-corrected chi connectivity index (χ1v) is 8.71. The van der Waals surface area contributed by atoms with Crippen LogP contribution >= 0.6 is 11.3 Å². The molecular formula is C16H29N3S. The van der Waals surface area contributed by atoms with E-state index in [1.807, 2.05) is 11.3 Å². The number of aromatic nitrogens is 1. The summed E-state index contributed by atoms with van der Waals surface area (Å²) in [6.45, 7) is 14.7. The van der Waals surface area contributed by atoms with Crippen LogP contribution in [0.15, 0.2) is 6.20 Å². The summed E-state index contributed by atoms with van der Waals surface area (Å²) in [6.07, 6.45) is 3.30. The zero-order valence-electron chi connectivity index (χ0n) is 13.5. The highest BCUT2D eigenvalue weighted by atomic mass is 32.1. The molecule has 20 heavy (non-hydrogen) atoms. The second kappa shape index (κ2) is 7.01. The Morgan fingerprint density at radius 2 is 2.20 bits per heavy atom. The standard InChI is InChI=1S/C16H29N3S/c1-6-12(4)15-10-19(16(8-18-15)11(2)3)9-14-7-17-13(5)20-14/h7,11-12,15-16,18H,6,8-10H2,1-5H3. The zero-order valence-corrected chi connectivity index (χ0v) is 14.3. The molecule has 2 rings (SSSR count). The summed E-state index contributed by atoms with van der Waals surface area (Å²) >= 11 is 1.84. The van der Waals surface area contributed by atoms with Crippen molar-refractivity contribution < 1.29 is 0 Å². The fraction of sp³-hybridized carbons (Fsp3) is 0.812. The van der Waals surface area contributed by atoms with Gasteiger partial charge in [0.2, 0.25) is 0 Å². The van der Waals surface area contributed by atoms with Crippen molar-refractivity contribution >= 4 is 11.3 Å². The Morgan fingerprint density at radius 3 is 2.75 bits per heavy atom. The third-order valence-corrected chi connectivity index (χ3v) is 5.52. The van der Waals surface area contributed by atoms with Gasteiger partial charge in [-0.15, -0.1) is 11.3 Å². The first-order chi connectivity index (χ1) is 9.51. The average molecular weight is 295 g/mol. The summed E-state index contributed by atoms with van der Waals surface area (Å²) < 4.78 is 0. The van der Waals surface area contributed by atoms with E-state index in [2.05, 4.69) is 56.0 Å². The SMILES string of the molecule is CCC(C)C1CN(Cc2cnc(C)s2)C(C(C)C)CN1. The molecule has 0 saturated carbocycles. The molecule has 1 aromatic rings. The molecule has 0 spiro atoms. The summed E-state index contributed by atoms with van der Waals surface area (Å²) in [7, 11) is 0. The molecule has 0 aliphatic carbocycles. The van der Waals surface area contributed by atoms with Crippen LogP contribution in [0.25, 0.3) is 0 Å². The molecule has 0 bridgehead atoms. The molecule has 0 amide bonds. The van der Waals surface area contributed by atoms with Crippen LogP contribution in [0.4, 0.5) is 0 Å². The van der Waals surface area contributed by atoms with Gasteiger partial charge in [0, 0.05) is 42.8 Å². The van der Waals surface area contributed by atoms with Gasteiger partial charge in [-0.3, -0.25) is 4.90 Å². The van der Waals surface area contributed by atoms with Crippen molar-refractivity contribution in [3.05, 3.63) is 16.1 Å². The lowest BCUT2D eigenvalue weighted by molar-refractivity contribution is 0.0761. The van der Waals surface area contributed by atoms with E-state index in [-0.39, 0.29) is 0 Å². The minimum atomic E-state index is 0.629. The molecule has 1 aliphatic rings. The fourth-order valence-corrected chi connectivity index (χ4v) is 3.86. The van der Waals surface area contributed by atoms with E-state index in [1.165, 1.54) is 16.3 Å². The van der Waals surface area contributed by atoms with Gasteiger partial charge in [0.15, 0.2) is 0 Å². The Morgan fingerprint density at radius 1 is 1.45 bits per heavy atom.